The quantitative estimate of drug-likeness (QED) is 0.353. The Bertz CT molecular complexity index is 1570. The zero-order chi connectivity index (χ0) is 28.7. The molecule has 1 aliphatic heterocycles. The number of carbonyl (C=O) groups excluding carboxylic acids is 2. The topological polar surface area (TPSA) is 133 Å². The molecule has 1 unspecified atom stereocenters. The molecule has 2 aromatic heterocycles. The number of pyridine rings is 1. The predicted octanol–water partition coefficient (Wildman–Crippen LogP) is 5.05. The fourth-order valence-corrected chi connectivity index (χ4v) is 6.31. The first kappa shape index (κ1) is 27.1. The molecule has 0 radical (unpaired) electrons. The number of H-pyrrole nitrogens is 1. The minimum atomic E-state index is -0.242. The molecule has 0 bridgehead atoms. The average molecular weight is 557 g/mol. The number of nitrogens with zero attached hydrogens (tertiary/aromatic N) is 4. The third-order valence-electron chi connectivity index (χ3n) is 8.64. The van der Waals surface area contributed by atoms with E-state index >= 15 is 0 Å². The number of nitrogens with one attached hydrogen (secondary N) is 2. The SMILES string of the molecule is CC(C)COC(=O)C1CCC(N2Cc3cc(Nc4nn(C(CC#N)C5CC5)c5cc[nH]c(=O)c45)ccc3C2=O)CC1. The van der Waals surface area contributed by atoms with E-state index in [9.17, 15) is 19.6 Å². The van der Waals surface area contributed by atoms with Crippen molar-refractivity contribution in [2.45, 2.75) is 77.4 Å². The van der Waals surface area contributed by atoms with Gasteiger partial charge >= 0.3 is 5.97 Å². The minimum Gasteiger partial charge on any atom is -0.465 e. The maximum Gasteiger partial charge on any atom is 0.308 e. The van der Waals surface area contributed by atoms with Gasteiger partial charge in [-0.1, -0.05) is 13.8 Å². The Balaban J connectivity index is 1.18. The van der Waals surface area contributed by atoms with E-state index in [2.05, 4.69) is 16.4 Å². The first-order valence-electron chi connectivity index (χ1n) is 14.7. The van der Waals surface area contributed by atoms with Crippen LogP contribution in [-0.4, -0.2) is 44.2 Å². The van der Waals surface area contributed by atoms with Gasteiger partial charge in [-0.15, -0.1) is 0 Å². The van der Waals surface area contributed by atoms with Crippen LogP contribution in [0.2, 0.25) is 0 Å². The molecule has 2 N–H and O–H groups in total. The zero-order valence-electron chi connectivity index (χ0n) is 23.6. The van der Waals surface area contributed by atoms with Crippen molar-refractivity contribution in [3.63, 3.8) is 0 Å². The van der Waals surface area contributed by atoms with E-state index in [0.717, 1.165) is 49.8 Å². The second-order valence-electron chi connectivity index (χ2n) is 12.1. The molecule has 41 heavy (non-hydrogen) atoms. The first-order valence-corrected chi connectivity index (χ1v) is 14.7. The van der Waals surface area contributed by atoms with Gasteiger partial charge in [0.1, 0.15) is 5.39 Å². The van der Waals surface area contributed by atoms with Crippen LogP contribution in [0, 0.1) is 29.1 Å². The van der Waals surface area contributed by atoms with Gasteiger partial charge in [0.05, 0.1) is 36.6 Å². The molecule has 0 saturated heterocycles. The van der Waals surface area contributed by atoms with Crippen LogP contribution in [0.1, 0.15) is 80.8 Å². The van der Waals surface area contributed by atoms with E-state index in [1.807, 2.05) is 47.7 Å². The molecule has 2 aliphatic carbocycles. The van der Waals surface area contributed by atoms with Gasteiger partial charge in [0, 0.05) is 30.0 Å². The number of esters is 1. The number of amides is 1. The summed E-state index contributed by atoms with van der Waals surface area (Å²) >= 11 is 0. The Labute approximate surface area is 238 Å². The van der Waals surface area contributed by atoms with Crippen molar-refractivity contribution in [3.8, 4) is 6.07 Å². The van der Waals surface area contributed by atoms with Gasteiger partial charge in [-0.3, -0.25) is 19.1 Å². The van der Waals surface area contributed by atoms with Gasteiger partial charge in [0.25, 0.3) is 11.5 Å². The van der Waals surface area contributed by atoms with Crippen LogP contribution < -0.4 is 10.9 Å². The molecular formula is C31H36N6O4. The van der Waals surface area contributed by atoms with Gasteiger partial charge < -0.3 is 19.9 Å². The number of aromatic nitrogens is 3. The summed E-state index contributed by atoms with van der Waals surface area (Å²) in [6.07, 6.45) is 7.08. The van der Waals surface area contributed by atoms with Crippen LogP contribution in [0.5, 0.6) is 0 Å². The number of anilines is 2. The molecule has 0 spiro atoms. The van der Waals surface area contributed by atoms with Crippen molar-refractivity contribution in [1.82, 2.24) is 19.7 Å². The van der Waals surface area contributed by atoms with Crippen LogP contribution in [0.4, 0.5) is 11.5 Å². The third kappa shape index (κ3) is 5.33. The number of fused-ring (bicyclic) bond motifs is 2. The zero-order valence-corrected chi connectivity index (χ0v) is 23.6. The van der Waals surface area contributed by atoms with Gasteiger partial charge in [-0.2, -0.15) is 10.4 Å². The number of rotatable bonds is 9. The summed E-state index contributed by atoms with van der Waals surface area (Å²) in [5, 5.41) is 18.0. The Morgan fingerprint density at radius 2 is 1.95 bits per heavy atom. The van der Waals surface area contributed by atoms with Crippen molar-refractivity contribution >= 4 is 34.3 Å². The predicted molar refractivity (Wildman–Crippen MR) is 153 cm³/mol. The van der Waals surface area contributed by atoms with Crippen molar-refractivity contribution in [2.75, 3.05) is 11.9 Å². The Kier molecular flexibility index (Phi) is 7.28. The summed E-state index contributed by atoms with van der Waals surface area (Å²) in [4.78, 5) is 43.3. The Morgan fingerprint density at radius 1 is 1.17 bits per heavy atom. The van der Waals surface area contributed by atoms with Gasteiger partial charge in [0.2, 0.25) is 0 Å². The third-order valence-corrected chi connectivity index (χ3v) is 8.64. The summed E-state index contributed by atoms with van der Waals surface area (Å²) in [6.45, 7) is 5.01. The highest BCUT2D eigenvalue weighted by atomic mass is 16.5. The minimum absolute atomic E-state index is 0.0207. The first-order chi connectivity index (χ1) is 19.8. The second kappa shape index (κ2) is 11.0. The Morgan fingerprint density at radius 3 is 2.66 bits per heavy atom. The largest absolute Gasteiger partial charge is 0.465 e. The molecule has 214 valence electrons. The number of hydrogen-bond donors (Lipinski definition) is 2. The molecule has 1 atom stereocenters. The summed E-state index contributed by atoms with van der Waals surface area (Å²) in [6, 6.07) is 9.77. The number of aromatic amines is 1. The van der Waals surface area contributed by atoms with Crippen LogP contribution in [0.15, 0.2) is 35.3 Å². The number of hydrogen-bond acceptors (Lipinski definition) is 7. The second-order valence-corrected chi connectivity index (χ2v) is 12.1. The lowest BCUT2D eigenvalue weighted by atomic mass is 9.85. The van der Waals surface area contributed by atoms with Crippen molar-refractivity contribution < 1.29 is 14.3 Å². The summed E-state index contributed by atoms with van der Waals surface area (Å²) in [5.74, 6) is 0.957. The monoisotopic (exact) mass is 556 g/mol. The lowest BCUT2D eigenvalue weighted by Crippen LogP contribution is -2.39. The molecule has 3 aromatic rings. The van der Waals surface area contributed by atoms with Crippen molar-refractivity contribution in [3.05, 3.63) is 51.9 Å². The molecule has 1 aromatic carbocycles. The normalized spacial score (nSPS) is 21.1. The standard InChI is InChI=1S/C31H36N6O4/c1-18(2)17-41-31(40)20-5-8-23(9-6-20)36-16-21-15-22(7-10-24(21)30(36)39)34-28-27-26(12-14-33-29(27)38)37(35-28)25(11-13-32)19-3-4-19/h7,10,12,14-15,18-20,23,25H,3-6,8-9,11,16-17H2,1-2H3,(H,33,38)(H,34,35). The highest BCUT2D eigenvalue weighted by Crippen LogP contribution is 2.43. The molecule has 6 rings (SSSR count). The maximum absolute atomic E-state index is 13.3. The fraction of sp³-hybridized carbons (Fsp3) is 0.516. The highest BCUT2D eigenvalue weighted by Gasteiger charge is 2.37. The summed E-state index contributed by atoms with van der Waals surface area (Å²) in [7, 11) is 0. The van der Waals surface area contributed by atoms with Gasteiger partial charge in [-0.25, -0.2) is 0 Å². The lowest BCUT2D eigenvalue weighted by Gasteiger charge is -2.33. The van der Waals surface area contributed by atoms with Crippen molar-refractivity contribution in [2.24, 2.45) is 17.8 Å². The Hall–Kier alpha value is -4.13. The van der Waals surface area contributed by atoms with E-state index in [0.29, 0.717) is 53.7 Å². The van der Waals surface area contributed by atoms with E-state index in [1.54, 1.807) is 6.20 Å². The van der Waals surface area contributed by atoms with Crippen LogP contribution >= 0.6 is 0 Å². The molecule has 3 aliphatic rings. The molecule has 10 nitrogen and oxygen atoms in total. The van der Waals surface area contributed by atoms with E-state index in [4.69, 9.17) is 9.84 Å². The number of carbonyl (C=O) groups is 2. The summed E-state index contributed by atoms with van der Waals surface area (Å²) < 4.78 is 7.28. The number of benzene rings is 1. The van der Waals surface area contributed by atoms with Crippen LogP contribution in [0.3, 0.4) is 0 Å². The molecule has 10 heteroatoms. The van der Waals surface area contributed by atoms with E-state index < -0.39 is 0 Å². The number of nitriles is 1. The van der Waals surface area contributed by atoms with E-state index in [-0.39, 0.29) is 35.4 Å². The highest BCUT2D eigenvalue weighted by molar-refractivity contribution is 5.99. The van der Waals surface area contributed by atoms with Crippen LogP contribution in [0.25, 0.3) is 10.9 Å². The van der Waals surface area contributed by atoms with Gasteiger partial charge in [0.15, 0.2) is 5.82 Å². The lowest BCUT2D eigenvalue weighted by molar-refractivity contribution is -0.151. The van der Waals surface area contributed by atoms with Gasteiger partial charge in [-0.05, 0) is 80.2 Å². The number of ether oxygens (including phenoxy) is 1. The molecular weight excluding hydrogens is 520 g/mol. The fourth-order valence-electron chi connectivity index (χ4n) is 6.31. The molecule has 3 heterocycles. The van der Waals surface area contributed by atoms with Crippen molar-refractivity contribution in [1.29, 1.82) is 5.26 Å². The van der Waals surface area contributed by atoms with E-state index in [1.165, 1.54) is 0 Å². The molecule has 2 fully saturated rings. The molecule has 1 amide bonds. The maximum atomic E-state index is 13.3. The van der Waals surface area contributed by atoms with Crippen LogP contribution in [-0.2, 0) is 16.1 Å². The smallest absolute Gasteiger partial charge is 0.308 e. The summed E-state index contributed by atoms with van der Waals surface area (Å²) in [5.41, 5.74) is 2.82. The average Bonchev–Trinajstić information content (AvgIpc) is 3.67. The molecule has 2 saturated carbocycles.